The Morgan fingerprint density at radius 1 is 1.00 bits per heavy atom. The number of hydrogen-bond acceptors (Lipinski definition) is 4. The molecule has 0 fully saturated rings. The fourth-order valence-corrected chi connectivity index (χ4v) is 4.33. The zero-order valence-electron chi connectivity index (χ0n) is 16.5. The van der Waals surface area contributed by atoms with Gasteiger partial charge in [-0.25, -0.2) is 13.1 Å². The summed E-state index contributed by atoms with van der Waals surface area (Å²) in [6.07, 6.45) is 0. The van der Waals surface area contributed by atoms with Crippen molar-refractivity contribution >= 4 is 33.4 Å². The molecule has 0 aliphatic carbocycles. The zero-order chi connectivity index (χ0) is 22.4. The first-order valence-electron chi connectivity index (χ1n) is 9.25. The molecule has 2 N–H and O–H groups in total. The van der Waals surface area contributed by atoms with Crippen LogP contribution in [0, 0.1) is 6.92 Å². The number of aryl methyl sites for hydroxylation is 1. The van der Waals surface area contributed by atoms with E-state index in [4.69, 9.17) is 0 Å². The van der Waals surface area contributed by atoms with E-state index in [1.54, 1.807) is 13.0 Å². The summed E-state index contributed by atoms with van der Waals surface area (Å²) in [7, 11) is -3.83. The first-order chi connectivity index (χ1) is 14.7. The lowest BCUT2D eigenvalue weighted by molar-refractivity contribution is 0.102. The number of carbonyl (C=O) groups excluding carboxylic acids is 1. The first-order valence-corrected chi connectivity index (χ1v) is 11.6. The minimum absolute atomic E-state index is 0.0251. The molecule has 0 atom stereocenters. The van der Waals surface area contributed by atoms with Crippen LogP contribution in [0.2, 0.25) is 0 Å². The molecule has 0 aliphatic rings. The number of rotatable bonds is 8. The maximum atomic E-state index is 12.7. The van der Waals surface area contributed by atoms with E-state index in [2.05, 4.69) is 10.0 Å². The van der Waals surface area contributed by atoms with Gasteiger partial charge in [-0.05, 0) is 54.4 Å². The summed E-state index contributed by atoms with van der Waals surface area (Å²) in [6.45, 7) is 1.83. The molecule has 0 heterocycles. The van der Waals surface area contributed by atoms with Gasteiger partial charge in [0.25, 0.3) is 11.7 Å². The highest BCUT2D eigenvalue weighted by Gasteiger charge is 2.18. The van der Waals surface area contributed by atoms with Gasteiger partial charge < -0.3 is 5.32 Å². The van der Waals surface area contributed by atoms with Crippen LogP contribution in [-0.4, -0.2) is 20.1 Å². The second kappa shape index (κ2) is 10.0. The third-order valence-electron chi connectivity index (χ3n) is 4.41. The lowest BCUT2D eigenvalue weighted by atomic mass is 10.1. The topological polar surface area (TPSA) is 75.3 Å². The summed E-state index contributed by atoms with van der Waals surface area (Å²) in [5, 5.41) is 2.67. The van der Waals surface area contributed by atoms with Crippen LogP contribution in [0.5, 0.6) is 0 Å². The van der Waals surface area contributed by atoms with Crippen molar-refractivity contribution in [3.8, 4) is 0 Å². The SMILES string of the molecule is Cc1ccc(S(=O)(=O)NCc2ccccc2)cc1C(=O)Nc1ccc(SC(F)F)cc1. The Labute approximate surface area is 183 Å². The van der Waals surface area contributed by atoms with Gasteiger partial charge in [-0.2, -0.15) is 8.78 Å². The van der Waals surface area contributed by atoms with Crippen LogP contribution >= 0.6 is 11.8 Å². The maximum Gasteiger partial charge on any atom is 0.288 e. The number of benzene rings is 3. The van der Waals surface area contributed by atoms with Gasteiger partial charge in [0.2, 0.25) is 10.0 Å². The summed E-state index contributed by atoms with van der Waals surface area (Å²) in [4.78, 5) is 13.1. The minimum atomic E-state index is -3.83. The summed E-state index contributed by atoms with van der Waals surface area (Å²) in [5.74, 6) is -3.02. The van der Waals surface area contributed by atoms with Crippen LogP contribution in [0.1, 0.15) is 21.5 Å². The predicted molar refractivity (Wildman–Crippen MR) is 118 cm³/mol. The molecule has 0 saturated carbocycles. The number of nitrogens with one attached hydrogen (secondary N) is 2. The Bertz CT molecular complexity index is 1150. The summed E-state index contributed by atoms with van der Waals surface area (Å²) in [6, 6.07) is 19.4. The molecular weight excluding hydrogens is 442 g/mol. The average Bonchev–Trinajstić information content (AvgIpc) is 2.74. The van der Waals surface area contributed by atoms with Gasteiger partial charge in [0.1, 0.15) is 0 Å². The zero-order valence-corrected chi connectivity index (χ0v) is 18.1. The molecule has 3 rings (SSSR count). The number of thioether (sulfide) groups is 1. The highest BCUT2D eigenvalue weighted by Crippen LogP contribution is 2.26. The molecule has 0 unspecified atom stereocenters. The first kappa shape index (κ1) is 22.9. The minimum Gasteiger partial charge on any atom is -0.322 e. The quantitative estimate of drug-likeness (QED) is 0.460. The average molecular weight is 463 g/mol. The van der Waals surface area contributed by atoms with E-state index in [1.165, 1.54) is 36.4 Å². The van der Waals surface area contributed by atoms with Crippen molar-refractivity contribution < 1.29 is 22.0 Å². The highest BCUT2D eigenvalue weighted by molar-refractivity contribution is 7.99. The van der Waals surface area contributed by atoms with E-state index in [9.17, 15) is 22.0 Å². The third kappa shape index (κ3) is 6.36. The molecule has 0 radical (unpaired) electrons. The van der Waals surface area contributed by atoms with Crippen molar-refractivity contribution in [1.82, 2.24) is 4.72 Å². The largest absolute Gasteiger partial charge is 0.322 e. The Hall–Kier alpha value is -2.75. The molecule has 1 amide bonds. The molecule has 0 aromatic heterocycles. The van der Waals surface area contributed by atoms with E-state index in [0.717, 1.165) is 5.56 Å². The maximum absolute atomic E-state index is 12.7. The van der Waals surface area contributed by atoms with E-state index < -0.39 is 21.7 Å². The number of sulfonamides is 1. The lowest BCUT2D eigenvalue weighted by Gasteiger charge is -2.12. The standard InChI is InChI=1S/C22H20F2N2O3S2/c1-15-7-12-19(31(28,29)25-14-16-5-3-2-4-6-16)13-20(15)21(27)26-17-8-10-18(11-9-17)30-22(23)24/h2-13,22,25H,14H2,1H3,(H,26,27). The molecule has 162 valence electrons. The molecule has 3 aromatic rings. The van der Waals surface area contributed by atoms with Crippen LogP contribution in [0.3, 0.4) is 0 Å². The van der Waals surface area contributed by atoms with Crippen LogP contribution in [0.15, 0.2) is 82.6 Å². The van der Waals surface area contributed by atoms with Crippen molar-refractivity contribution in [2.75, 3.05) is 5.32 Å². The molecule has 3 aromatic carbocycles. The Morgan fingerprint density at radius 3 is 2.32 bits per heavy atom. The Kier molecular flexibility index (Phi) is 7.42. The molecule has 9 heteroatoms. The lowest BCUT2D eigenvalue weighted by Crippen LogP contribution is -2.24. The van der Waals surface area contributed by atoms with Gasteiger partial charge in [0.15, 0.2) is 0 Å². The van der Waals surface area contributed by atoms with E-state index >= 15 is 0 Å². The van der Waals surface area contributed by atoms with Gasteiger partial charge >= 0.3 is 0 Å². The molecular formula is C22H20F2N2O3S2. The van der Waals surface area contributed by atoms with Crippen molar-refractivity contribution in [3.05, 3.63) is 89.5 Å². The normalized spacial score (nSPS) is 11.5. The van der Waals surface area contributed by atoms with E-state index in [0.29, 0.717) is 27.9 Å². The number of halogens is 2. The van der Waals surface area contributed by atoms with Gasteiger partial charge in [-0.3, -0.25) is 4.79 Å². The molecule has 0 aliphatic heterocycles. The Balaban J connectivity index is 1.74. The van der Waals surface area contributed by atoms with Gasteiger partial charge in [0.05, 0.1) is 4.90 Å². The third-order valence-corrected chi connectivity index (χ3v) is 6.53. The molecule has 0 saturated heterocycles. The smallest absolute Gasteiger partial charge is 0.288 e. The predicted octanol–water partition coefficient (Wildman–Crippen LogP) is 5.04. The number of anilines is 1. The number of amides is 1. The van der Waals surface area contributed by atoms with Crippen molar-refractivity contribution in [2.45, 2.75) is 29.0 Å². The van der Waals surface area contributed by atoms with Crippen LogP contribution in [0.25, 0.3) is 0 Å². The second-order valence-electron chi connectivity index (χ2n) is 6.64. The monoisotopic (exact) mass is 462 g/mol. The van der Waals surface area contributed by atoms with E-state index in [1.807, 2.05) is 30.3 Å². The molecule has 0 spiro atoms. The van der Waals surface area contributed by atoms with Crippen molar-refractivity contribution in [3.63, 3.8) is 0 Å². The highest BCUT2D eigenvalue weighted by atomic mass is 32.2. The van der Waals surface area contributed by atoms with E-state index in [-0.39, 0.29) is 17.0 Å². The van der Waals surface area contributed by atoms with Crippen molar-refractivity contribution in [2.24, 2.45) is 0 Å². The fraction of sp³-hybridized carbons (Fsp3) is 0.136. The van der Waals surface area contributed by atoms with Gasteiger partial charge in [-0.15, -0.1) is 0 Å². The number of hydrogen-bond donors (Lipinski definition) is 2. The summed E-state index contributed by atoms with van der Waals surface area (Å²) >= 11 is 0.413. The Morgan fingerprint density at radius 2 is 1.68 bits per heavy atom. The molecule has 5 nitrogen and oxygen atoms in total. The fourth-order valence-electron chi connectivity index (χ4n) is 2.79. The summed E-state index contributed by atoms with van der Waals surface area (Å²) in [5.41, 5.74) is 2.03. The molecule has 0 bridgehead atoms. The van der Waals surface area contributed by atoms with Gasteiger partial charge in [0, 0.05) is 22.7 Å². The van der Waals surface area contributed by atoms with Crippen molar-refractivity contribution in [1.29, 1.82) is 0 Å². The second-order valence-corrected chi connectivity index (χ2v) is 9.47. The number of alkyl halides is 2. The van der Waals surface area contributed by atoms with Gasteiger partial charge in [-0.1, -0.05) is 48.2 Å². The summed E-state index contributed by atoms with van der Waals surface area (Å²) < 4.78 is 52.7. The number of carbonyl (C=O) groups is 1. The van der Waals surface area contributed by atoms with Crippen LogP contribution in [-0.2, 0) is 16.6 Å². The molecule has 31 heavy (non-hydrogen) atoms. The van der Waals surface area contributed by atoms with Crippen LogP contribution < -0.4 is 10.0 Å². The van der Waals surface area contributed by atoms with Crippen LogP contribution in [0.4, 0.5) is 14.5 Å².